The van der Waals surface area contributed by atoms with Crippen molar-refractivity contribution in [2.24, 2.45) is 0 Å². The van der Waals surface area contributed by atoms with E-state index in [1.807, 2.05) is 44.6 Å². The third-order valence-corrected chi connectivity index (χ3v) is 3.72. The van der Waals surface area contributed by atoms with Gasteiger partial charge in [0.1, 0.15) is 0 Å². The minimum atomic E-state index is -0.0622. The summed E-state index contributed by atoms with van der Waals surface area (Å²) in [5.41, 5.74) is 4.20. The minimum absolute atomic E-state index is 0.0622. The smallest absolute Gasteiger partial charge is 0.317 e. The normalized spacial score (nSPS) is 10.6. The molecule has 2 amide bonds. The Balaban J connectivity index is 1.73. The zero-order chi connectivity index (χ0) is 16.8. The predicted molar refractivity (Wildman–Crippen MR) is 90.2 cm³/mol. The van der Waals surface area contributed by atoms with Crippen molar-refractivity contribution in [2.45, 2.75) is 40.3 Å². The SMILES string of the molecule is Cc1cc(CNC(=O)N(C)CCCn2nc(C)cc2C)ccn1. The fourth-order valence-electron chi connectivity index (χ4n) is 2.49. The Morgan fingerprint density at radius 2 is 2.04 bits per heavy atom. The van der Waals surface area contributed by atoms with E-state index >= 15 is 0 Å². The minimum Gasteiger partial charge on any atom is -0.334 e. The number of hydrogen-bond donors (Lipinski definition) is 1. The molecule has 6 nitrogen and oxygen atoms in total. The molecule has 0 bridgehead atoms. The van der Waals surface area contributed by atoms with Gasteiger partial charge in [-0.05, 0) is 51.0 Å². The summed E-state index contributed by atoms with van der Waals surface area (Å²) in [7, 11) is 1.81. The maximum absolute atomic E-state index is 12.1. The summed E-state index contributed by atoms with van der Waals surface area (Å²) in [4.78, 5) is 17.9. The van der Waals surface area contributed by atoms with E-state index in [-0.39, 0.29) is 6.03 Å². The number of carbonyl (C=O) groups is 1. The van der Waals surface area contributed by atoms with Crippen LogP contribution in [0.1, 0.15) is 29.1 Å². The van der Waals surface area contributed by atoms with Crippen molar-refractivity contribution in [3.05, 3.63) is 47.0 Å². The molecular weight excluding hydrogens is 290 g/mol. The van der Waals surface area contributed by atoms with Crippen molar-refractivity contribution >= 4 is 6.03 Å². The van der Waals surface area contributed by atoms with Crippen molar-refractivity contribution < 1.29 is 4.79 Å². The molecule has 0 saturated carbocycles. The summed E-state index contributed by atoms with van der Waals surface area (Å²) in [6, 6.07) is 5.89. The van der Waals surface area contributed by atoms with Gasteiger partial charge in [-0.2, -0.15) is 5.10 Å². The summed E-state index contributed by atoms with van der Waals surface area (Å²) < 4.78 is 1.99. The largest absolute Gasteiger partial charge is 0.334 e. The second-order valence-corrected chi connectivity index (χ2v) is 5.89. The van der Waals surface area contributed by atoms with Crippen LogP contribution in [-0.2, 0) is 13.1 Å². The van der Waals surface area contributed by atoms with Gasteiger partial charge in [0.25, 0.3) is 0 Å². The molecule has 124 valence electrons. The number of urea groups is 1. The van der Waals surface area contributed by atoms with E-state index in [9.17, 15) is 4.79 Å². The van der Waals surface area contributed by atoms with Crippen molar-refractivity contribution in [1.29, 1.82) is 0 Å². The average Bonchev–Trinajstić information content (AvgIpc) is 2.82. The van der Waals surface area contributed by atoms with Gasteiger partial charge in [-0.15, -0.1) is 0 Å². The Morgan fingerprint density at radius 1 is 1.26 bits per heavy atom. The molecule has 0 aliphatic heterocycles. The van der Waals surface area contributed by atoms with Crippen LogP contribution in [0.4, 0.5) is 4.79 Å². The second kappa shape index (κ2) is 7.76. The molecule has 0 fully saturated rings. The van der Waals surface area contributed by atoms with Crippen LogP contribution in [-0.4, -0.2) is 39.3 Å². The van der Waals surface area contributed by atoms with Gasteiger partial charge in [0.15, 0.2) is 0 Å². The molecule has 0 radical (unpaired) electrons. The molecule has 0 aromatic carbocycles. The van der Waals surface area contributed by atoms with Crippen LogP contribution in [0.5, 0.6) is 0 Å². The molecule has 1 N–H and O–H groups in total. The van der Waals surface area contributed by atoms with Gasteiger partial charge in [0, 0.05) is 44.3 Å². The third kappa shape index (κ3) is 5.09. The molecule has 0 aliphatic carbocycles. The van der Waals surface area contributed by atoms with E-state index in [1.54, 1.807) is 11.1 Å². The van der Waals surface area contributed by atoms with Gasteiger partial charge in [-0.3, -0.25) is 9.67 Å². The van der Waals surface area contributed by atoms with E-state index in [0.717, 1.165) is 35.6 Å². The Morgan fingerprint density at radius 3 is 2.70 bits per heavy atom. The van der Waals surface area contributed by atoms with Crippen molar-refractivity contribution in [1.82, 2.24) is 25.0 Å². The lowest BCUT2D eigenvalue weighted by Crippen LogP contribution is -2.37. The fourth-order valence-corrected chi connectivity index (χ4v) is 2.49. The van der Waals surface area contributed by atoms with Gasteiger partial charge in [-0.25, -0.2) is 4.79 Å². The fraction of sp³-hybridized carbons (Fsp3) is 0.471. The molecule has 0 saturated heterocycles. The van der Waals surface area contributed by atoms with E-state index < -0.39 is 0 Å². The molecule has 2 aromatic heterocycles. The van der Waals surface area contributed by atoms with Crippen molar-refractivity contribution in [2.75, 3.05) is 13.6 Å². The first-order chi connectivity index (χ1) is 11.0. The Labute approximate surface area is 137 Å². The average molecular weight is 315 g/mol. The van der Waals surface area contributed by atoms with E-state index in [1.165, 1.54) is 0 Å². The lowest BCUT2D eigenvalue weighted by atomic mass is 10.2. The van der Waals surface area contributed by atoms with Crippen molar-refractivity contribution in [3.63, 3.8) is 0 Å². The summed E-state index contributed by atoms with van der Waals surface area (Å²) in [6.45, 7) is 8.01. The number of amides is 2. The molecule has 2 aromatic rings. The van der Waals surface area contributed by atoms with Gasteiger partial charge < -0.3 is 10.2 Å². The lowest BCUT2D eigenvalue weighted by molar-refractivity contribution is 0.207. The first-order valence-corrected chi connectivity index (χ1v) is 7.87. The van der Waals surface area contributed by atoms with Gasteiger partial charge >= 0.3 is 6.03 Å². The van der Waals surface area contributed by atoms with E-state index in [0.29, 0.717) is 13.1 Å². The number of nitrogens with zero attached hydrogens (tertiary/aromatic N) is 4. The topological polar surface area (TPSA) is 63.1 Å². The standard InChI is InChI=1S/C17H25N5O/c1-13-11-16(6-7-18-13)12-19-17(23)21(4)8-5-9-22-15(3)10-14(2)20-22/h6-7,10-11H,5,8-9,12H2,1-4H3,(H,19,23). The highest BCUT2D eigenvalue weighted by Crippen LogP contribution is 2.04. The Kier molecular flexibility index (Phi) is 5.73. The highest BCUT2D eigenvalue weighted by atomic mass is 16.2. The molecule has 6 heteroatoms. The maximum atomic E-state index is 12.1. The number of nitrogens with one attached hydrogen (secondary N) is 1. The van der Waals surface area contributed by atoms with Crippen LogP contribution in [0.15, 0.2) is 24.4 Å². The van der Waals surface area contributed by atoms with Crippen LogP contribution in [0.25, 0.3) is 0 Å². The highest BCUT2D eigenvalue weighted by Gasteiger charge is 2.08. The monoisotopic (exact) mass is 315 g/mol. The lowest BCUT2D eigenvalue weighted by Gasteiger charge is -2.18. The zero-order valence-corrected chi connectivity index (χ0v) is 14.3. The molecule has 0 aliphatic rings. The van der Waals surface area contributed by atoms with Crippen LogP contribution in [0.3, 0.4) is 0 Å². The molecular formula is C17H25N5O. The maximum Gasteiger partial charge on any atom is 0.317 e. The number of aromatic nitrogens is 3. The number of hydrogen-bond acceptors (Lipinski definition) is 3. The van der Waals surface area contributed by atoms with Crippen LogP contribution < -0.4 is 5.32 Å². The summed E-state index contributed by atoms with van der Waals surface area (Å²) in [6.07, 6.45) is 2.63. The second-order valence-electron chi connectivity index (χ2n) is 5.89. The van der Waals surface area contributed by atoms with Crippen LogP contribution in [0, 0.1) is 20.8 Å². The summed E-state index contributed by atoms with van der Waals surface area (Å²) in [5.74, 6) is 0. The molecule has 0 atom stereocenters. The number of aryl methyl sites for hydroxylation is 4. The number of carbonyl (C=O) groups excluding carboxylic acids is 1. The van der Waals surface area contributed by atoms with Gasteiger partial charge in [0.05, 0.1) is 5.69 Å². The molecule has 0 spiro atoms. The zero-order valence-electron chi connectivity index (χ0n) is 14.3. The third-order valence-electron chi connectivity index (χ3n) is 3.72. The molecule has 2 rings (SSSR count). The molecule has 23 heavy (non-hydrogen) atoms. The van der Waals surface area contributed by atoms with Gasteiger partial charge in [-0.1, -0.05) is 0 Å². The van der Waals surface area contributed by atoms with Crippen LogP contribution >= 0.6 is 0 Å². The van der Waals surface area contributed by atoms with E-state index in [4.69, 9.17) is 0 Å². The first-order valence-electron chi connectivity index (χ1n) is 7.87. The Bertz CT molecular complexity index is 665. The summed E-state index contributed by atoms with van der Waals surface area (Å²) >= 11 is 0. The summed E-state index contributed by atoms with van der Waals surface area (Å²) in [5, 5.41) is 7.35. The van der Waals surface area contributed by atoms with Gasteiger partial charge in [0.2, 0.25) is 0 Å². The molecule has 2 heterocycles. The van der Waals surface area contributed by atoms with Crippen LogP contribution in [0.2, 0.25) is 0 Å². The van der Waals surface area contributed by atoms with Crippen molar-refractivity contribution in [3.8, 4) is 0 Å². The first kappa shape index (κ1) is 17.0. The number of pyridine rings is 1. The number of rotatable bonds is 6. The Hall–Kier alpha value is -2.37. The predicted octanol–water partition coefficient (Wildman–Crippen LogP) is 2.44. The highest BCUT2D eigenvalue weighted by molar-refractivity contribution is 5.73. The quantitative estimate of drug-likeness (QED) is 0.890. The molecule has 0 unspecified atom stereocenters. The van der Waals surface area contributed by atoms with E-state index in [2.05, 4.69) is 21.5 Å².